The lowest BCUT2D eigenvalue weighted by atomic mass is 9.77. The van der Waals surface area contributed by atoms with E-state index in [1.54, 1.807) is 6.07 Å². The van der Waals surface area contributed by atoms with Gasteiger partial charge in [0.1, 0.15) is 5.82 Å². The number of rotatable bonds is 14. The molecule has 0 aliphatic heterocycles. The van der Waals surface area contributed by atoms with Crippen molar-refractivity contribution < 1.29 is 13.5 Å². The normalized spacial score (nSPS) is 18.4. The van der Waals surface area contributed by atoms with Crippen LogP contribution in [0.5, 0.6) is 0 Å². The van der Waals surface area contributed by atoms with Crippen molar-refractivity contribution in [3.05, 3.63) is 102 Å². The number of benzene rings is 1. The number of unbranched alkanes of at least 4 members (excludes halogenated alkanes) is 3. The van der Waals surface area contributed by atoms with Gasteiger partial charge in [0.25, 0.3) is 0 Å². The summed E-state index contributed by atoms with van der Waals surface area (Å²) in [6.07, 6.45) is 23.6. The largest absolute Gasteiger partial charge is 0.379 e. The second-order valence-corrected chi connectivity index (χ2v) is 9.47. The molecule has 0 amide bonds. The van der Waals surface area contributed by atoms with Crippen molar-refractivity contribution in [3.8, 4) is 0 Å². The Kier molecular flexibility index (Phi) is 10.7. The lowest BCUT2D eigenvalue weighted by Crippen LogP contribution is -2.25. The average molecular weight is 493 g/mol. The summed E-state index contributed by atoms with van der Waals surface area (Å²) in [4.78, 5) is 9.31. The van der Waals surface area contributed by atoms with Crippen molar-refractivity contribution in [2.24, 2.45) is 0 Å². The predicted octanol–water partition coefficient (Wildman–Crippen LogP) is 8.09. The first-order chi connectivity index (χ1) is 17.5. The monoisotopic (exact) mass is 492 g/mol. The van der Waals surface area contributed by atoms with E-state index in [0.717, 1.165) is 43.9 Å². The van der Waals surface area contributed by atoms with E-state index in [-0.39, 0.29) is 11.7 Å². The molecule has 3 rings (SSSR count). The van der Waals surface area contributed by atoms with Gasteiger partial charge in [-0.1, -0.05) is 68.4 Å². The predicted molar refractivity (Wildman–Crippen MR) is 144 cm³/mol. The number of hydrogen-bond donors (Lipinski definition) is 0. The Labute approximate surface area is 214 Å². The van der Waals surface area contributed by atoms with E-state index in [2.05, 4.69) is 42.5 Å². The molecule has 0 saturated carbocycles. The molecule has 2 atom stereocenters. The van der Waals surface area contributed by atoms with Crippen LogP contribution in [0.2, 0.25) is 0 Å². The second kappa shape index (κ2) is 14.0. The molecule has 2 aromatic rings. The first kappa shape index (κ1) is 27.7. The Balaban J connectivity index is 1.71. The van der Waals surface area contributed by atoms with Crippen molar-refractivity contribution in [1.82, 2.24) is 9.97 Å². The Morgan fingerprint density at radius 1 is 1.17 bits per heavy atom. The zero-order valence-corrected chi connectivity index (χ0v) is 21.6. The molecule has 0 radical (unpaired) electrons. The lowest BCUT2D eigenvalue weighted by Gasteiger charge is -2.28. The van der Waals surface area contributed by atoms with Crippen LogP contribution in [-0.4, -0.2) is 22.7 Å². The Bertz CT molecular complexity index is 1070. The molecule has 0 N–H and O–H groups in total. The summed E-state index contributed by atoms with van der Waals surface area (Å²) in [6, 6.07) is 4.26. The van der Waals surface area contributed by atoms with Gasteiger partial charge >= 0.3 is 0 Å². The van der Waals surface area contributed by atoms with Gasteiger partial charge in [0.05, 0.1) is 11.5 Å². The van der Waals surface area contributed by atoms with Crippen molar-refractivity contribution in [2.75, 3.05) is 6.61 Å². The van der Waals surface area contributed by atoms with Gasteiger partial charge in [-0.2, -0.15) is 0 Å². The maximum atomic E-state index is 14.4. The minimum atomic E-state index is -0.844. The van der Waals surface area contributed by atoms with Crippen LogP contribution in [0, 0.1) is 11.6 Å². The highest BCUT2D eigenvalue weighted by atomic mass is 19.2. The topological polar surface area (TPSA) is 35.0 Å². The molecule has 1 aliphatic rings. The summed E-state index contributed by atoms with van der Waals surface area (Å²) < 4.78 is 34.1. The van der Waals surface area contributed by atoms with E-state index in [1.165, 1.54) is 18.9 Å². The summed E-state index contributed by atoms with van der Waals surface area (Å²) in [6.45, 7) is 8.94. The molecule has 1 aromatic carbocycles. The highest BCUT2D eigenvalue weighted by Crippen LogP contribution is 2.37. The fourth-order valence-electron chi connectivity index (χ4n) is 4.35. The third-order valence-corrected chi connectivity index (χ3v) is 6.53. The number of nitrogens with zero attached hydrogens (tertiary/aromatic N) is 2. The first-order valence-corrected chi connectivity index (χ1v) is 13.0. The third kappa shape index (κ3) is 7.54. The Morgan fingerprint density at radius 2 is 1.97 bits per heavy atom. The lowest BCUT2D eigenvalue weighted by molar-refractivity contribution is 0.0566. The minimum absolute atomic E-state index is 0.256. The van der Waals surface area contributed by atoms with Gasteiger partial charge in [-0.25, -0.2) is 18.7 Å². The zero-order chi connectivity index (χ0) is 25.8. The zero-order valence-electron chi connectivity index (χ0n) is 21.6. The van der Waals surface area contributed by atoms with Crippen LogP contribution in [0.15, 0.2) is 73.6 Å². The van der Waals surface area contributed by atoms with Crippen LogP contribution >= 0.6 is 0 Å². The quantitative estimate of drug-likeness (QED) is 0.197. The summed E-state index contributed by atoms with van der Waals surface area (Å²) in [7, 11) is 0. The SMILES string of the molecule is C=CCc1cnc(C2(/C=C/CCCC(C)OCCCCC)C=CC(c3cccc(F)c3F)=CC2)nc1. The number of aromatic nitrogens is 2. The summed E-state index contributed by atoms with van der Waals surface area (Å²) >= 11 is 0. The van der Waals surface area contributed by atoms with E-state index in [9.17, 15) is 8.78 Å². The first-order valence-electron chi connectivity index (χ1n) is 13.0. The number of hydrogen-bond acceptors (Lipinski definition) is 3. The van der Waals surface area contributed by atoms with Crippen molar-refractivity contribution >= 4 is 5.57 Å². The molecule has 1 aromatic heterocycles. The molecule has 2 unspecified atom stereocenters. The maximum Gasteiger partial charge on any atom is 0.166 e. The standard InChI is InChI=1S/C31H38F2N2O/c1-4-6-10-21-36-24(3)13-8-7-9-18-31(30-34-22-25(12-5-2)23-35-30)19-16-26(17-20-31)27-14-11-15-28(32)29(27)33/h5,9,11,14-19,22-24H,2,4,6-8,10,12-13,20-21H2,1,3H3/b18-9+. The molecule has 5 heteroatoms. The third-order valence-electron chi connectivity index (χ3n) is 6.53. The van der Waals surface area contributed by atoms with Gasteiger partial charge in [0, 0.05) is 24.6 Å². The summed E-state index contributed by atoms with van der Waals surface area (Å²) in [5.41, 5.74) is 1.38. The molecule has 0 saturated heterocycles. The van der Waals surface area contributed by atoms with Crippen molar-refractivity contribution in [1.29, 1.82) is 0 Å². The van der Waals surface area contributed by atoms with E-state index < -0.39 is 17.0 Å². The van der Waals surface area contributed by atoms with Crippen LogP contribution in [-0.2, 0) is 16.6 Å². The van der Waals surface area contributed by atoms with Gasteiger partial charge in [-0.05, 0) is 62.7 Å². The fraction of sp³-hybridized carbons (Fsp3) is 0.419. The molecule has 0 fully saturated rings. The number of halogens is 2. The van der Waals surface area contributed by atoms with Gasteiger partial charge in [0.15, 0.2) is 11.6 Å². The molecule has 36 heavy (non-hydrogen) atoms. The van der Waals surface area contributed by atoms with Gasteiger partial charge in [-0.15, -0.1) is 6.58 Å². The highest BCUT2D eigenvalue weighted by molar-refractivity contribution is 5.76. The van der Waals surface area contributed by atoms with Crippen LogP contribution in [0.1, 0.15) is 75.7 Å². The van der Waals surface area contributed by atoms with Crippen LogP contribution < -0.4 is 0 Å². The van der Waals surface area contributed by atoms with E-state index in [0.29, 0.717) is 24.2 Å². The molecular formula is C31H38F2N2O. The molecule has 3 nitrogen and oxygen atoms in total. The highest BCUT2D eigenvalue weighted by Gasteiger charge is 2.31. The van der Waals surface area contributed by atoms with Gasteiger partial charge in [0.2, 0.25) is 0 Å². The van der Waals surface area contributed by atoms with Crippen LogP contribution in [0.25, 0.3) is 5.57 Å². The van der Waals surface area contributed by atoms with E-state index in [1.807, 2.05) is 36.7 Å². The summed E-state index contributed by atoms with van der Waals surface area (Å²) in [5, 5.41) is 0. The van der Waals surface area contributed by atoms with Crippen LogP contribution in [0.3, 0.4) is 0 Å². The van der Waals surface area contributed by atoms with Crippen molar-refractivity contribution in [2.45, 2.75) is 76.7 Å². The Hall–Kier alpha value is -2.92. The summed E-state index contributed by atoms with van der Waals surface area (Å²) in [5.74, 6) is -0.985. The average Bonchev–Trinajstić information content (AvgIpc) is 2.89. The second-order valence-electron chi connectivity index (χ2n) is 9.47. The number of ether oxygens (including phenoxy) is 1. The van der Waals surface area contributed by atoms with Crippen LogP contribution in [0.4, 0.5) is 8.78 Å². The smallest absolute Gasteiger partial charge is 0.166 e. The van der Waals surface area contributed by atoms with E-state index in [4.69, 9.17) is 4.74 Å². The molecule has 192 valence electrons. The molecule has 1 aliphatic carbocycles. The number of allylic oxidation sites excluding steroid dienone is 7. The van der Waals surface area contributed by atoms with Gasteiger partial charge < -0.3 is 4.74 Å². The maximum absolute atomic E-state index is 14.4. The molecule has 0 bridgehead atoms. The fourth-order valence-corrected chi connectivity index (χ4v) is 4.35. The molecule has 0 spiro atoms. The molecule has 1 heterocycles. The molecular weight excluding hydrogens is 454 g/mol. The van der Waals surface area contributed by atoms with E-state index >= 15 is 0 Å². The Morgan fingerprint density at radius 3 is 2.67 bits per heavy atom. The minimum Gasteiger partial charge on any atom is -0.379 e. The van der Waals surface area contributed by atoms with Gasteiger partial charge in [-0.3, -0.25) is 0 Å². The van der Waals surface area contributed by atoms with Crippen molar-refractivity contribution in [3.63, 3.8) is 0 Å².